The minimum absolute atomic E-state index is 0.151. The van der Waals surface area contributed by atoms with E-state index in [1.807, 2.05) is 26.8 Å². The molecule has 0 amide bonds. The lowest BCUT2D eigenvalue weighted by Gasteiger charge is -2.26. The highest BCUT2D eigenvalue weighted by Gasteiger charge is 2.23. The molecule has 0 saturated carbocycles. The zero-order chi connectivity index (χ0) is 13.9. The molecule has 2 heteroatoms. The summed E-state index contributed by atoms with van der Waals surface area (Å²) in [6.07, 6.45) is -0.460. The minimum atomic E-state index is -0.460. The Labute approximate surface area is 111 Å². The molecule has 0 aliphatic carbocycles. The summed E-state index contributed by atoms with van der Waals surface area (Å²) in [5.74, 6) is 1.32. The number of aryl methyl sites for hydroxylation is 1. The van der Waals surface area contributed by atoms with Crippen LogP contribution in [0.5, 0.6) is 5.75 Å². The van der Waals surface area contributed by atoms with Crippen molar-refractivity contribution >= 4 is 0 Å². The van der Waals surface area contributed by atoms with Crippen LogP contribution in [0.2, 0.25) is 0 Å². The zero-order valence-electron chi connectivity index (χ0n) is 12.4. The van der Waals surface area contributed by atoms with Crippen LogP contribution in [0, 0.1) is 12.3 Å². The molecule has 0 radical (unpaired) electrons. The lowest BCUT2D eigenvalue weighted by Crippen LogP contribution is -2.32. The quantitative estimate of drug-likeness (QED) is 0.878. The molecular formula is C16H26O2. The van der Waals surface area contributed by atoms with Gasteiger partial charge in [-0.25, -0.2) is 0 Å². The molecule has 0 spiro atoms. The third-order valence-electron chi connectivity index (χ3n) is 3.19. The van der Waals surface area contributed by atoms with E-state index in [0.29, 0.717) is 12.5 Å². The van der Waals surface area contributed by atoms with Crippen molar-refractivity contribution in [2.24, 2.45) is 5.41 Å². The Kier molecular flexibility index (Phi) is 4.80. The van der Waals surface area contributed by atoms with E-state index in [0.717, 1.165) is 5.75 Å². The van der Waals surface area contributed by atoms with Crippen LogP contribution in [-0.2, 0) is 0 Å². The largest absolute Gasteiger partial charge is 0.491 e. The van der Waals surface area contributed by atoms with Crippen molar-refractivity contribution in [3.05, 3.63) is 29.3 Å². The van der Waals surface area contributed by atoms with Crippen molar-refractivity contribution in [2.75, 3.05) is 6.61 Å². The van der Waals surface area contributed by atoms with Crippen LogP contribution in [0.4, 0.5) is 0 Å². The molecule has 1 rings (SSSR count). The number of hydrogen-bond donors (Lipinski definition) is 1. The van der Waals surface area contributed by atoms with Crippen molar-refractivity contribution < 1.29 is 9.84 Å². The third-order valence-corrected chi connectivity index (χ3v) is 3.19. The highest BCUT2D eigenvalue weighted by atomic mass is 16.5. The smallest absolute Gasteiger partial charge is 0.123 e. The van der Waals surface area contributed by atoms with Gasteiger partial charge in [-0.05, 0) is 35.4 Å². The number of rotatable bonds is 4. The molecule has 1 N–H and O–H groups in total. The summed E-state index contributed by atoms with van der Waals surface area (Å²) >= 11 is 0. The molecule has 1 aromatic rings. The highest BCUT2D eigenvalue weighted by Crippen LogP contribution is 2.28. The Bertz CT molecular complexity index is 389. The van der Waals surface area contributed by atoms with Crippen LogP contribution in [0.3, 0.4) is 0 Å². The van der Waals surface area contributed by atoms with Crippen molar-refractivity contribution in [1.29, 1.82) is 0 Å². The van der Waals surface area contributed by atoms with Crippen LogP contribution in [0.15, 0.2) is 18.2 Å². The second-order valence-electron chi connectivity index (χ2n) is 6.39. The first kappa shape index (κ1) is 15.0. The molecule has 0 fully saturated rings. The van der Waals surface area contributed by atoms with Gasteiger partial charge in [0.25, 0.3) is 0 Å². The van der Waals surface area contributed by atoms with E-state index in [1.165, 1.54) is 11.1 Å². The summed E-state index contributed by atoms with van der Waals surface area (Å²) in [5.41, 5.74) is 2.23. The van der Waals surface area contributed by atoms with E-state index in [4.69, 9.17) is 4.74 Å². The van der Waals surface area contributed by atoms with Crippen molar-refractivity contribution in [3.8, 4) is 5.75 Å². The molecular weight excluding hydrogens is 224 g/mol. The zero-order valence-corrected chi connectivity index (χ0v) is 12.4. The molecule has 1 aromatic carbocycles. The Morgan fingerprint density at radius 2 is 1.83 bits per heavy atom. The summed E-state index contributed by atoms with van der Waals surface area (Å²) < 4.78 is 5.82. The fourth-order valence-corrected chi connectivity index (χ4v) is 1.66. The molecule has 0 heterocycles. The summed E-state index contributed by atoms with van der Waals surface area (Å²) in [7, 11) is 0. The van der Waals surface area contributed by atoms with Gasteiger partial charge < -0.3 is 9.84 Å². The Hall–Kier alpha value is -1.02. The van der Waals surface area contributed by atoms with Gasteiger partial charge in [0.2, 0.25) is 0 Å². The molecule has 18 heavy (non-hydrogen) atoms. The number of aliphatic hydroxyl groups is 1. The minimum Gasteiger partial charge on any atom is -0.491 e. The van der Waals surface area contributed by atoms with Crippen molar-refractivity contribution in [3.63, 3.8) is 0 Å². The van der Waals surface area contributed by atoms with Crippen molar-refractivity contribution in [2.45, 2.75) is 53.6 Å². The second kappa shape index (κ2) is 5.75. The molecule has 0 aliphatic heterocycles. The molecule has 102 valence electrons. The maximum atomic E-state index is 10.0. The third kappa shape index (κ3) is 4.02. The first-order valence-corrected chi connectivity index (χ1v) is 6.63. The SMILES string of the molecule is Cc1ccc(C(C)C)c(OCC(O)C(C)(C)C)c1. The van der Waals surface area contributed by atoms with E-state index in [2.05, 4.69) is 32.9 Å². The normalized spacial score (nSPS) is 13.8. The topological polar surface area (TPSA) is 29.5 Å². The van der Waals surface area contributed by atoms with E-state index in [1.54, 1.807) is 0 Å². The number of benzene rings is 1. The summed E-state index contributed by atoms with van der Waals surface area (Å²) in [6, 6.07) is 6.26. The van der Waals surface area contributed by atoms with Crippen LogP contribution < -0.4 is 4.74 Å². The van der Waals surface area contributed by atoms with E-state index in [9.17, 15) is 5.11 Å². The standard InChI is InChI=1S/C16H26O2/c1-11(2)13-8-7-12(3)9-14(13)18-10-15(17)16(4,5)6/h7-9,11,15,17H,10H2,1-6H3. The molecule has 2 nitrogen and oxygen atoms in total. The van der Waals surface area contributed by atoms with Crippen LogP contribution in [0.1, 0.15) is 51.7 Å². The van der Waals surface area contributed by atoms with Gasteiger partial charge >= 0.3 is 0 Å². The van der Waals surface area contributed by atoms with Crippen molar-refractivity contribution in [1.82, 2.24) is 0 Å². The number of ether oxygens (including phenoxy) is 1. The predicted molar refractivity (Wildman–Crippen MR) is 76.2 cm³/mol. The molecule has 0 aliphatic rings. The van der Waals surface area contributed by atoms with Crippen LogP contribution >= 0.6 is 0 Å². The lowest BCUT2D eigenvalue weighted by molar-refractivity contribution is 0.0215. The predicted octanol–water partition coefficient (Wildman–Crippen LogP) is 3.90. The molecule has 1 atom stereocenters. The lowest BCUT2D eigenvalue weighted by atomic mass is 9.90. The van der Waals surface area contributed by atoms with Crippen LogP contribution in [0.25, 0.3) is 0 Å². The monoisotopic (exact) mass is 250 g/mol. The van der Waals surface area contributed by atoms with Gasteiger partial charge in [-0.2, -0.15) is 0 Å². The van der Waals surface area contributed by atoms with E-state index in [-0.39, 0.29) is 5.41 Å². The Morgan fingerprint density at radius 3 is 2.33 bits per heavy atom. The summed E-state index contributed by atoms with van der Waals surface area (Å²) in [6.45, 7) is 12.7. The molecule has 1 unspecified atom stereocenters. The molecule has 0 aromatic heterocycles. The fraction of sp³-hybridized carbons (Fsp3) is 0.625. The Morgan fingerprint density at radius 1 is 1.22 bits per heavy atom. The molecule has 0 bridgehead atoms. The average molecular weight is 250 g/mol. The fourth-order valence-electron chi connectivity index (χ4n) is 1.66. The number of hydrogen-bond acceptors (Lipinski definition) is 2. The molecule has 0 saturated heterocycles. The van der Waals surface area contributed by atoms with Gasteiger partial charge in [0.15, 0.2) is 0 Å². The van der Waals surface area contributed by atoms with Gasteiger partial charge in [-0.1, -0.05) is 46.8 Å². The van der Waals surface area contributed by atoms with Gasteiger partial charge in [0.05, 0.1) is 6.10 Å². The average Bonchev–Trinajstić information content (AvgIpc) is 2.24. The maximum absolute atomic E-state index is 10.0. The highest BCUT2D eigenvalue weighted by molar-refractivity contribution is 5.39. The van der Waals surface area contributed by atoms with Crippen LogP contribution in [-0.4, -0.2) is 17.8 Å². The van der Waals surface area contributed by atoms with Gasteiger partial charge in [0.1, 0.15) is 12.4 Å². The van der Waals surface area contributed by atoms with Gasteiger partial charge in [-0.15, -0.1) is 0 Å². The first-order valence-electron chi connectivity index (χ1n) is 6.63. The maximum Gasteiger partial charge on any atom is 0.123 e. The number of aliphatic hydroxyl groups excluding tert-OH is 1. The van der Waals surface area contributed by atoms with E-state index >= 15 is 0 Å². The second-order valence-corrected chi connectivity index (χ2v) is 6.39. The summed E-state index contributed by atoms with van der Waals surface area (Å²) in [4.78, 5) is 0. The van der Waals surface area contributed by atoms with Gasteiger partial charge in [0, 0.05) is 0 Å². The van der Waals surface area contributed by atoms with Gasteiger partial charge in [-0.3, -0.25) is 0 Å². The summed E-state index contributed by atoms with van der Waals surface area (Å²) in [5, 5.41) is 10.0. The first-order chi connectivity index (χ1) is 8.21. The van der Waals surface area contributed by atoms with E-state index < -0.39 is 6.10 Å². The Balaban J connectivity index is 2.81.